The highest BCUT2D eigenvalue weighted by Gasteiger charge is 2.34. The van der Waals surface area contributed by atoms with Gasteiger partial charge >= 0.3 is 6.09 Å². The lowest BCUT2D eigenvalue weighted by atomic mass is 9.93. The van der Waals surface area contributed by atoms with Gasteiger partial charge in [-0.25, -0.2) is 4.79 Å². The van der Waals surface area contributed by atoms with E-state index in [1.54, 1.807) is 18.5 Å². The summed E-state index contributed by atoms with van der Waals surface area (Å²) in [4.78, 5) is 18.8. The van der Waals surface area contributed by atoms with E-state index >= 15 is 0 Å². The minimum atomic E-state index is -0.559. The van der Waals surface area contributed by atoms with Gasteiger partial charge in [-0.1, -0.05) is 18.2 Å². The second-order valence-corrected chi connectivity index (χ2v) is 10.2. The summed E-state index contributed by atoms with van der Waals surface area (Å²) in [6.07, 6.45) is 3.90. The minimum absolute atomic E-state index is 0.0677. The van der Waals surface area contributed by atoms with E-state index in [0.717, 1.165) is 35.2 Å². The van der Waals surface area contributed by atoms with Crippen LogP contribution in [0.2, 0.25) is 0 Å². The Hall–Kier alpha value is -3.78. The summed E-state index contributed by atoms with van der Waals surface area (Å²) in [5, 5.41) is 14.0. The Balaban J connectivity index is 1.47. The van der Waals surface area contributed by atoms with Gasteiger partial charge in [0.25, 0.3) is 0 Å². The number of phenols is 1. The quantitative estimate of drug-likeness (QED) is 0.528. The molecule has 0 spiro atoms. The molecule has 2 N–H and O–H groups in total. The van der Waals surface area contributed by atoms with Gasteiger partial charge in [0.2, 0.25) is 6.79 Å². The topological polar surface area (TPSA) is 93.2 Å². The SMILES string of the molecule is CC(C)(C)OC(=O)N[C@@H]1CCN(C(c2cccc(-c3ccncc3)c2)c2cc3c(cc2O)OCO3)C1. The van der Waals surface area contributed by atoms with Gasteiger partial charge in [0, 0.05) is 43.2 Å². The smallest absolute Gasteiger partial charge is 0.407 e. The molecule has 0 saturated carbocycles. The molecule has 188 valence electrons. The number of aromatic nitrogens is 1. The van der Waals surface area contributed by atoms with Gasteiger partial charge in [0.05, 0.1) is 6.04 Å². The number of carbonyl (C=O) groups excluding carboxylic acids is 1. The molecule has 0 radical (unpaired) electrons. The lowest BCUT2D eigenvalue weighted by molar-refractivity contribution is 0.0505. The maximum absolute atomic E-state index is 12.4. The predicted octanol–water partition coefficient (Wildman–Crippen LogP) is 4.87. The molecular weight excluding hydrogens is 458 g/mol. The van der Waals surface area contributed by atoms with E-state index in [0.29, 0.717) is 18.0 Å². The van der Waals surface area contributed by atoms with Crippen molar-refractivity contribution in [2.45, 2.75) is 44.9 Å². The summed E-state index contributed by atoms with van der Waals surface area (Å²) < 4.78 is 16.5. The fourth-order valence-electron chi connectivity index (χ4n) is 4.80. The fourth-order valence-corrected chi connectivity index (χ4v) is 4.80. The van der Waals surface area contributed by atoms with Crippen molar-refractivity contribution in [2.24, 2.45) is 0 Å². The fraction of sp³-hybridized carbons (Fsp3) is 0.357. The Morgan fingerprint density at radius 3 is 2.61 bits per heavy atom. The van der Waals surface area contributed by atoms with Gasteiger partial charge < -0.3 is 24.6 Å². The van der Waals surface area contributed by atoms with E-state index in [4.69, 9.17) is 14.2 Å². The van der Waals surface area contributed by atoms with Crippen molar-refractivity contribution < 1.29 is 24.1 Å². The van der Waals surface area contributed by atoms with Gasteiger partial charge in [0.1, 0.15) is 11.4 Å². The Kier molecular flexibility index (Phi) is 6.45. The summed E-state index contributed by atoms with van der Waals surface area (Å²) in [5.41, 5.74) is 3.31. The second-order valence-electron chi connectivity index (χ2n) is 10.2. The van der Waals surface area contributed by atoms with Crippen LogP contribution in [-0.2, 0) is 4.74 Å². The monoisotopic (exact) mass is 489 g/mol. The average molecular weight is 490 g/mol. The van der Waals surface area contributed by atoms with Crippen LogP contribution in [0, 0.1) is 0 Å². The average Bonchev–Trinajstić information content (AvgIpc) is 3.48. The van der Waals surface area contributed by atoms with E-state index in [1.165, 1.54) is 0 Å². The van der Waals surface area contributed by atoms with Crippen molar-refractivity contribution in [1.29, 1.82) is 0 Å². The third-order valence-corrected chi connectivity index (χ3v) is 6.34. The first-order valence-corrected chi connectivity index (χ1v) is 12.1. The molecule has 1 fully saturated rings. The van der Waals surface area contributed by atoms with Gasteiger partial charge in [-0.15, -0.1) is 0 Å². The van der Waals surface area contributed by atoms with E-state index < -0.39 is 11.7 Å². The molecule has 3 heterocycles. The standard InChI is InChI=1S/C28H31N3O5/c1-28(2,3)36-27(33)30-21-9-12-31(16-21)26(22-14-24-25(15-23(22)32)35-17-34-24)20-6-4-5-19(13-20)18-7-10-29-11-8-18/h4-8,10-11,13-15,21,26,32H,9,12,16-17H2,1-3H3,(H,30,33)/t21-,26?/m1/s1. The molecular formula is C28H31N3O5. The third kappa shape index (κ3) is 5.23. The number of alkyl carbamates (subject to hydrolysis) is 1. The number of hydrogen-bond donors (Lipinski definition) is 2. The number of ether oxygens (including phenoxy) is 3. The zero-order chi connectivity index (χ0) is 25.3. The number of pyridine rings is 1. The first kappa shape index (κ1) is 23.9. The van der Waals surface area contributed by atoms with Crippen LogP contribution in [0.15, 0.2) is 60.9 Å². The molecule has 2 aliphatic rings. The van der Waals surface area contributed by atoms with Crippen LogP contribution in [0.25, 0.3) is 11.1 Å². The molecule has 36 heavy (non-hydrogen) atoms. The minimum Gasteiger partial charge on any atom is -0.507 e. The van der Waals surface area contributed by atoms with Crippen LogP contribution in [0.1, 0.15) is 44.4 Å². The van der Waals surface area contributed by atoms with Gasteiger partial charge in [0.15, 0.2) is 11.5 Å². The molecule has 0 aliphatic carbocycles. The largest absolute Gasteiger partial charge is 0.507 e. The molecule has 1 unspecified atom stereocenters. The highest BCUT2D eigenvalue weighted by Crippen LogP contribution is 2.44. The summed E-state index contributed by atoms with van der Waals surface area (Å²) in [6.45, 7) is 7.02. The van der Waals surface area contributed by atoms with Crippen LogP contribution in [0.4, 0.5) is 4.79 Å². The number of carbonyl (C=O) groups is 1. The lowest BCUT2D eigenvalue weighted by Crippen LogP contribution is -2.41. The number of hydrogen-bond acceptors (Lipinski definition) is 7. The van der Waals surface area contributed by atoms with Crippen molar-refractivity contribution in [3.05, 3.63) is 72.1 Å². The van der Waals surface area contributed by atoms with E-state index in [2.05, 4.69) is 33.4 Å². The molecule has 1 saturated heterocycles. The number of amides is 1. The van der Waals surface area contributed by atoms with Crippen molar-refractivity contribution in [3.63, 3.8) is 0 Å². The Morgan fingerprint density at radius 2 is 1.86 bits per heavy atom. The predicted molar refractivity (Wildman–Crippen MR) is 135 cm³/mol. The molecule has 1 aromatic heterocycles. The zero-order valence-electron chi connectivity index (χ0n) is 20.7. The number of likely N-dealkylation sites (tertiary alicyclic amines) is 1. The molecule has 5 rings (SSSR count). The molecule has 8 heteroatoms. The summed E-state index contributed by atoms with van der Waals surface area (Å²) in [7, 11) is 0. The molecule has 2 atom stereocenters. The normalized spacial score (nSPS) is 18.1. The van der Waals surface area contributed by atoms with Crippen molar-refractivity contribution in [3.8, 4) is 28.4 Å². The van der Waals surface area contributed by atoms with Crippen molar-refractivity contribution in [1.82, 2.24) is 15.2 Å². The molecule has 1 amide bonds. The first-order valence-electron chi connectivity index (χ1n) is 12.1. The van der Waals surface area contributed by atoms with Crippen LogP contribution >= 0.6 is 0 Å². The molecule has 2 aliphatic heterocycles. The number of aromatic hydroxyl groups is 1. The highest BCUT2D eigenvalue weighted by atomic mass is 16.7. The van der Waals surface area contributed by atoms with Crippen molar-refractivity contribution in [2.75, 3.05) is 19.9 Å². The zero-order valence-corrected chi connectivity index (χ0v) is 20.7. The van der Waals surface area contributed by atoms with Crippen LogP contribution in [0.3, 0.4) is 0 Å². The van der Waals surface area contributed by atoms with E-state index in [9.17, 15) is 9.90 Å². The number of benzene rings is 2. The van der Waals surface area contributed by atoms with Crippen LogP contribution in [-0.4, -0.2) is 52.6 Å². The number of nitrogens with zero attached hydrogens (tertiary/aromatic N) is 2. The lowest BCUT2D eigenvalue weighted by Gasteiger charge is -2.30. The summed E-state index contributed by atoms with van der Waals surface area (Å²) >= 11 is 0. The van der Waals surface area contributed by atoms with E-state index in [1.807, 2.05) is 45.0 Å². The summed E-state index contributed by atoms with van der Waals surface area (Å²) in [5.74, 6) is 1.29. The molecule has 3 aromatic rings. The molecule has 0 bridgehead atoms. The number of rotatable bonds is 5. The van der Waals surface area contributed by atoms with Crippen LogP contribution < -0.4 is 14.8 Å². The Bertz CT molecular complexity index is 1240. The number of phenolic OH excluding ortho intramolecular Hbond substituents is 1. The van der Waals surface area contributed by atoms with Crippen LogP contribution in [0.5, 0.6) is 17.2 Å². The maximum Gasteiger partial charge on any atom is 0.407 e. The molecule has 8 nitrogen and oxygen atoms in total. The summed E-state index contributed by atoms with van der Waals surface area (Å²) in [6, 6.07) is 15.4. The van der Waals surface area contributed by atoms with Gasteiger partial charge in [-0.3, -0.25) is 9.88 Å². The Labute approximate surface area is 210 Å². The number of fused-ring (bicyclic) bond motifs is 1. The second kappa shape index (κ2) is 9.70. The maximum atomic E-state index is 12.4. The molecule has 2 aromatic carbocycles. The third-order valence-electron chi connectivity index (χ3n) is 6.34. The highest BCUT2D eigenvalue weighted by molar-refractivity contribution is 5.68. The van der Waals surface area contributed by atoms with Crippen molar-refractivity contribution >= 4 is 6.09 Å². The van der Waals surface area contributed by atoms with E-state index in [-0.39, 0.29) is 24.6 Å². The number of nitrogens with one attached hydrogen (secondary N) is 1. The van der Waals surface area contributed by atoms with Gasteiger partial charge in [-0.05, 0) is 68.1 Å². The first-order chi connectivity index (χ1) is 17.3. The Morgan fingerprint density at radius 1 is 1.11 bits per heavy atom. The van der Waals surface area contributed by atoms with Gasteiger partial charge in [-0.2, -0.15) is 0 Å².